The van der Waals surface area contributed by atoms with E-state index in [2.05, 4.69) is 19.2 Å². The second-order valence-electron chi connectivity index (χ2n) is 5.67. The molecule has 3 nitrogen and oxygen atoms in total. The molecule has 0 aromatic heterocycles. The summed E-state index contributed by atoms with van der Waals surface area (Å²) in [6.07, 6.45) is 4.83. The lowest BCUT2D eigenvalue weighted by Crippen LogP contribution is -2.37. The highest BCUT2D eigenvalue weighted by Gasteiger charge is 2.41. The molecule has 16 heavy (non-hydrogen) atoms. The van der Waals surface area contributed by atoms with Crippen LogP contribution in [0.15, 0.2) is 0 Å². The molecule has 0 saturated heterocycles. The zero-order valence-corrected chi connectivity index (χ0v) is 11.0. The topological polar surface area (TPSA) is 41.5 Å². The molecule has 2 N–H and O–H groups in total. The van der Waals surface area contributed by atoms with Crippen molar-refractivity contribution >= 4 is 0 Å². The molecule has 0 aromatic rings. The largest absolute Gasteiger partial charge is 0.396 e. The van der Waals surface area contributed by atoms with E-state index in [1.54, 1.807) is 7.11 Å². The van der Waals surface area contributed by atoms with E-state index >= 15 is 0 Å². The highest BCUT2D eigenvalue weighted by molar-refractivity contribution is 4.95. The molecular weight excluding hydrogens is 202 g/mol. The number of aliphatic hydroxyl groups is 1. The molecule has 1 atom stereocenters. The Morgan fingerprint density at radius 2 is 2.12 bits per heavy atom. The van der Waals surface area contributed by atoms with Gasteiger partial charge in [0.2, 0.25) is 0 Å². The van der Waals surface area contributed by atoms with E-state index in [1.807, 2.05) is 0 Å². The van der Waals surface area contributed by atoms with Crippen LogP contribution in [0.5, 0.6) is 0 Å². The summed E-state index contributed by atoms with van der Waals surface area (Å²) in [6, 6.07) is 0. The van der Waals surface area contributed by atoms with Gasteiger partial charge in [0.15, 0.2) is 0 Å². The minimum Gasteiger partial charge on any atom is -0.396 e. The predicted molar refractivity (Wildman–Crippen MR) is 66.5 cm³/mol. The average Bonchev–Trinajstić information content (AvgIpc) is 3.07. The van der Waals surface area contributed by atoms with Gasteiger partial charge in [0.25, 0.3) is 0 Å². The molecular formula is C13H27NO2. The average molecular weight is 229 g/mol. The summed E-state index contributed by atoms with van der Waals surface area (Å²) in [4.78, 5) is 0. The second kappa shape index (κ2) is 5.99. The summed E-state index contributed by atoms with van der Waals surface area (Å²) in [7, 11) is 1.77. The van der Waals surface area contributed by atoms with Crippen molar-refractivity contribution in [3.63, 3.8) is 0 Å². The number of hydrogen-bond donors (Lipinski definition) is 2. The van der Waals surface area contributed by atoms with Crippen LogP contribution in [0.3, 0.4) is 0 Å². The molecule has 3 heteroatoms. The highest BCUT2D eigenvalue weighted by Crippen LogP contribution is 2.48. The third-order valence-corrected chi connectivity index (χ3v) is 4.08. The van der Waals surface area contributed by atoms with E-state index in [9.17, 15) is 5.11 Å². The van der Waals surface area contributed by atoms with E-state index in [-0.39, 0.29) is 12.0 Å². The van der Waals surface area contributed by atoms with Crippen LogP contribution >= 0.6 is 0 Å². The Balaban J connectivity index is 2.19. The van der Waals surface area contributed by atoms with Gasteiger partial charge in [-0.1, -0.05) is 13.8 Å². The summed E-state index contributed by atoms with van der Waals surface area (Å²) >= 11 is 0. The first kappa shape index (κ1) is 13.9. The number of ether oxygens (including phenoxy) is 1. The minimum absolute atomic E-state index is 0.0390. The summed E-state index contributed by atoms with van der Waals surface area (Å²) < 4.78 is 5.14. The number of aliphatic hydroxyl groups excluding tert-OH is 1. The molecule has 0 amide bonds. The molecule has 0 heterocycles. The van der Waals surface area contributed by atoms with Crippen LogP contribution in [0.4, 0.5) is 0 Å². The van der Waals surface area contributed by atoms with Crippen LogP contribution < -0.4 is 5.32 Å². The van der Waals surface area contributed by atoms with Crippen LogP contribution in [0.2, 0.25) is 0 Å². The molecule has 0 bridgehead atoms. The fourth-order valence-corrected chi connectivity index (χ4v) is 1.93. The molecule has 1 unspecified atom stereocenters. The monoisotopic (exact) mass is 229 g/mol. The van der Waals surface area contributed by atoms with Crippen molar-refractivity contribution in [3.05, 3.63) is 0 Å². The number of rotatable bonds is 9. The van der Waals surface area contributed by atoms with E-state index < -0.39 is 0 Å². The predicted octanol–water partition coefficient (Wildman–Crippen LogP) is 1.80. The molecule has 1 rings (SSSR count). The molecule has 1 saturated carbocycles. The van der Waals surface area contributed by atoms with Gasteiger partial charge in [-0.2, -0.15) is 0 Å². The van der Waals surface area contributed by atoms with Crippen molar-refractivity contribution in [2.75, 3.05) is 33.4 Å². The van der Waals surface area contributed by atoms with E-state index in [4.69, 9.17) is 4.74 Å². The first-order valence-electron chi connectivity index (χ1n) is 6.40. The van der Waals surface area contributed by atoms with Crippen LogP contribution in [0.25, 0.3) is 0 Å². The third kappa shape index (κ3) is 4.04. The van der Waals surface area contributed by atoms with Crippen LogP contribution in [-0.4, -0.2) is 38.5 Å². The van der Waals surface area contributed by atoms with Crippen molar-refractivity contribution in [3.8, 4) is 0 Å². The molecule has 1 aliphatic carbocycles. The van der Waals surface area contributed by atoms with E-state index in [1.165, 1.54) is 19.3 Å². The zero-order valence-electron chi connectivity index (χ0n) is 11.0. The van der Waals surface area contributed by atoms with Crippen molar-refractivity contribution in [1.82, 2.24) is 5.32 Å². The van der Waals surface area contributed by atoms with E-state index in [0.717, 1.165) is 26.1 Å². The normalized spacial score (nSPS) is 21.8. The number of nitrogens with one attached hydrogen (secondary N) is 1. The maximum atomic E-state index is 9.31. The third-order valence-electron chi connectivity index (χ3n) is 4.08. The lowest BCUT2D eigenvalue weighted by molar-refractivity contribution is 0.130. The second-order valence-corrected chi connectivity index (χ2v) is 5.67. The summed E-state index contributed by atoms with van der Waals surface area (Å²) in [5, 5.41) is 12.8. The maximum Gasteiger partial charge on any atom is 0.0496 e. The Morgan fingerprint density at radius 3 is 2.56 bits per heavy atom. The van der Waals surface area contributed by atoms with Gasteiger partial charge in [-0.15, -0.1) is 0 Å². The van der Waals surface area contributed by atoms with Gasteiger partial charge < -0.3 is 15.2 Å². The summed E-state index contributed by atoms with van der Waals surface area (Å²) in [6.45, 7) is 7.39. The van der Waals surface area contributed by atoms with Crippen molar-refractivity contribution in [2.45, 2.75) is 39.5 Å². The molecule has 0 aliphatic heterocycles. The van der Waals surface area contributed by atoms with Crippen molar-refractivity contribution in [1.29, 1.82) is 0 Å². The maximum absolute atomic E-state index is 9.31. The lowest BCUT2D eigenvalue weighted by Gasteiger charge is -2.27. The molecule has 0 aromatic carbocycles. The minimum atomic E-state index is 0.0390. The fourth-order valence-electron chi connectivity index (χ4n) is 1.93. The quantitative estimate of drug-likeness (QED) is 0.633. The Morgan fingerprint density at radius 1 is 1.44 bits per heavy atom. The van der Waals surface area contributed by atoms with Gasteiger partial charge >= 0.3 is 0 Å². The number of hydrogen-bond acceptors (Lipinski definition) is 3. The van der Waals surface area contributed by atoms with Crippen LogP contribution in [0, 0.1) is 10.8 Å². The highest BCUT2D eigenvalue weighted by atomic mass is 16.5. The van der Waals surface area contributed by atoms with Crippen LogP contribution in [0.1, 0.15) is 39.5 Å². The Kier molecular flexibility index (Phi) is 5.22. The van der Waals surface area contributed by atoms with Gasteiger partial charge in [-0.25, -0.2) is 0 Å². The Hall–Kier alpha value is -0.120. The molecule has 1 aliphatic rings. The first-order valence-corrected chi connectivity index (χ1v) is 6.40. The lowest BCUT2D eigenvalue weighted by atomic mass is 9.88. The van der Waals surface area contributed by atoms with Crippen molar-refractivity contribution < 1.29 is 9.84 Å². The van der Waals surface area contributed by atoms with Gasteiger partial charge in [0.1, 0.15) is 0 Å². The van der Waals surface area contributed by atoms with Gasteiger partial charge in [0, 0.05) is 38.8 Å². The Bertz CT molecular complexity index is 198. The smallest absolute Gasteiger partial charge is 0.0496 e. The first-order chi connectivity index (χ1) is 7.60. The summed E-state index contributed by atoms with van der Waals surface area (Å²) in [5.74, 6) is 0. The van der Waals surface area contributed by atoms with E-state index in [0.29, 0.717) is 5.41 Å². The number of methoxy groups -OCH3 is 1. The summed E-state index contributed by atoms with van der Waals surface area (Å²) in [5.41, 5.74) is 0.539. The molecule has 96 valence electrons. The Labute approximate surface area is 99.6 Å². The fraction of sp³-hybridized carbons (Fsp3) is 1.00. The van der Waals surface area contributed by atoms with Gasteiger partial charge in [-0.05, 0) is 31.1 Å². The van der Waals surface area contributed by atoms with Crippen LogP contribution in [-0.2, 0) is 4.74 Å². The SMILES string of the molecule is CCC(C)(CO)CNCC1(CCOC)CC1. The molecule has 0 radical (unpaired) electrons. The standard InChI is InChI=1S/C13H27NO2/c1-4-12(2,11-15)9-14-10-13(5-6-13)7-8-16-3/h14-15H,4-11H2,1-3H3. The van der Waals surface area contributed by atoms with Crippen molar-refractivity contribution in [2.24, 2.45) is 10.8 Å². The molecule has 1 fully saturated rings. The zero-order chi connectivity index (χ0) is 12.1. The van der Waals surface area contributed by atoms with Gasteiger partial charge in [0.05, 0.1) is 0 Å². The molecule has 0 spiro atoms. The van der Waals surface area contributed by atoms with Gasteiger partial charge in [-0.3, -0.25) is 0 Å².